The summed E-state index contributed by atoms with van der Waals surface area (Å²) in [4.78, 5) is 32.7. The molecule has 3 aromatic carbocycles. The third kappa shape index (κ3) is 6.74. The number of rotatable bonds is 13. The number of unbranched alkanes of at least 4 members (excludes halogenated alkanes) is 4. The summed E-state index contributed by atoms with van der Waals surface area (Å²) in [6.45, 7) is 5.73. The third-order valence-electron chi connectivity index (χ3n) is 7.16. The van der Waals surface area contributed by atoms with Crippen molar-refractivity contribution in [2.45, 2.75) is 64.8 Å². The summed E-state index contributed by atoms with van der Waals surface area (Å²) in [5.74, 6) is -0.118. The molecule has 6 heteroatoms. The van der Waals surface area contributed by atoms with Crippen LogP contribution in [0.15, 0.2) is 66.9 Å². The standard InChI is InChI=1S/C32H39N3O3/c1-3-5-9-17-35(18-10-6-4-2)32(38)30(21-26-22-33-29-12-8-7-11-28(26)29)34-31(37)25-14-13-24-20-27(36)16-15-23(24)19-25/h7-8,11-16,19-20,22,30,33,36H,3-6,9-10,17-18,21H2,1-2H3,(H,34,37)/t30-/m1/s1. The second kappa shape index (κ2) is 13.1. The van der Waals surface area contributed by atoms with Crippen LogP contribution in [-0.4, -0.2) is 45.9 Å². The van der Waals surface area contributed by atoms with E-state index in [1.54, 1.807) is 30.3 Å². The number of carbonyl (C=O) groups excluding carboxylic acids is 2. The third-order valence-corrected chi connectivity index (χ3v) is 7.16. The monoisotopic (exact) mass is 513 g/mol. The van der Waals surface area contributed by atoms with Crippen molar-refractivity contribution >= 4 is 33.5 Å². The Balaban J connectivity index is 1.61. The predicted molar refractivity (Wildman–Crippen MR) is 154 cm³/mol. The lowest BCUT2D eigenvalue weighted by atomic mass is 10.0. The van der Waals surface area contributed by atoms with Crippen LogP contribution in [0.4, 0.5) is 0 Å². The average molecular weight is 514 g/mol. The zero-order valence-corrected chi connectivity index (χ0v) is 22.5. The largest absolute Gasteiger partial charge is 0.508 e. The molecule has 6 nitrogen and oxygen atoms in total. The molecule has 0 spiro atoms. The molecule has 3 N–H and O–H groups in total. The number of hydrogen-bond donors (Lipinski definition) is 3. The van der Waals surface area contributed by atoms with Gasteiger partial charge < -0.3 is 20.3 Å². The van der Waals surface area contributed by atoms with Crippen LogP contribution in [0.25, 0.3) is 21.7 Å². The molecule has 0 aliphatic heterocycles. The topological polar surface area (TPSA) is 85.4 Å². The van der Waals surface area contributed by atoms with Crippen LogP contribution in [0.2, 0.25) is 0 Å². The van der Waals surface area contributed by atoms with E-state index < -0.39 is 6.04 Å². The number of aromatic amines is 1. The van der Waals surface area contributed by atoms with Crippen molar-refractivity contribution in [1.29, 1.82) is 0 Å². The van der Waals surface area contributed by atoms with Crippen molar-refractivity contribution in [2.24, 2.45) is 0 Å². The first-order valence-electron chi connectivity index (χ1n) is 13.9. The molecule has 0 saturated carbocycles. The van der Waals surface area contributed by atoms with Crippen molar-refractivity contribution in [3.8, 4) is 5.75 Å². The minimum absolute atomic E-state index is 0.0263. The second-order valence-corrected chi connectivity index (χ2v) is 10.1. The van der Waals surface area contributed by atoms with Gasteiger partial charge in [-0.25, -0.2) is 0 Å². The number of aromatic nitrogens is 1. The highest BCUT2D eigenvalue weighted by Crippen LogP contribution is 2.23. The van der Waals surface area contributed by atoms with Crippen LogP contribution in [0.1, 0.15) is 68.3 Å². The molecular formula is C32H39N3O3. The zero-order valence-electron chi connectivity index (χ0n) is 22.5. The van der Waals surface area contributed by atoms with E-state index >= 15 is 0 Å². The van der Waals surface area contributed by atoms with Crippen molar-refractivity contribution in [1.82, 2.24) is 15.2 Å². The summed E-state index contributed by atoms with van der Waals surface area (Å²) in [5, 5.41) is 15.6. The first-order chi connectivity index (χ1) is 18.5. The number of para-hydroxylation sites is 1. The Bertz CT molecular complexity index is 1370. The molecule has 2 amide bonds. The molecule has 0 fully saturated rings. The van der Waals surface area contributed by atoms with Crippen molar-refractivity contribution in [3.63, 3.8) is 0 Å². The van der Waals surface area contributed by atoms with Gasteiger partial charge in [0.25, 0.3) is 5.91 Å². The van der Waals surface area contributed by atoms with E-state index in [9.17, 15) is 14.7 Å². The summed E-state index contributed by atoms with van der Waals surface area (Å²) < 4.78 is 0. The number of H-pyrrole nitrogens is 1. The molecule has 200 valence electrons. The minimum atomic E-state index is -0.680. The smallest absolute Gasteiger partial charge is 0.251 e. The molecule has 0 radical (unpaired) electrons. The predicted octanol–water partition coefficient (Wildman–Crippen LogP) is 6.58. The van der Waals surface area contributed by atoms with Gasteiger partial charge in [0.1, 0.15) is 11.8 Å². The van der Waals surface area contributed by atoms with Gasteiger partial charge in [-0.15, -0.1) is 0 Å². The lowest BCUT2D eigenvalue weighted by Crippen LogP contribution is -2.50. The molecular weight excluding hydrogens is 474 g/mol. The molecule has 0 aliphatic rings. The van der Waals surface area contributed by atoms with Crippen LogP contribution < -0.4 is 5.32 Å². The SMILES string of the molecule is CCCCCN(CCCCC)C(=O)[C@@H](Cc1c[nH]c2ccccc12)NC(=O)c1ccc2cc(O)ccc2c1. The summed E-state index contributed by atoms with van der Waals surface area (Å²) >= 11 is 0. The van der Waals surface area contributed by atoms with Gasteiger partial charge in [0.15, 0.2) is 0 Å². The van der Waals surface area contributed by atoms with E-state index in [2.05, 4.69) is 24.1 Å². The molecule has 1 atom stereocenters. The number of phenols is 1. The molecule has 0 bridgehead atoms. The average Bonchev–Trinajstić information content (AvgIpc) is 3.34. The number of phenolic OH excluding ortho intramolecular Hbond substituents is 1. The van der Waals surface area contributed by atoms with E-state index in [0.29, 0.717) is 25.1 Å². The Morgan fingerprint density at radius 3 is 2.32 bits per heavy atom. The first kappa shape index (κ1) is 27.2. The molecule has 0 aliphatic carbocycles. The maximum atomic E-state index is 14.0. The van der Waals surface area contributed by atoms with E-state index in [0.717, 1.165) is 65.8 Å². The number of benzene rings is 3. The van der Waals surface area contributed by atoms with E-state index in [-0.39, 0.29) is 17.6 Å². The van der Waals surface area contributed by atoms with Gasteiger partial charge in [-0.05, 0) is 59.5 Å². The zero-order chi connectivity index (χ0) is 26.9. The fraction of sp³-hybridized carbons (Fsp3) is 0.375. The fourth-order valence-electron chi connectivity index (χ4n) is 4.99. The lowest BCUT2D eigenvalue weighted by Gasteiger charge is -2.28. The summed E-state index contributed by atoms with van der Waals surface area (Å²) in [6, 6.07) is 17.8. The number of nitrogens with one attached hydrogen (secondary N) is 2. The number of fused-ring (bicyclic) bond motifs is 2. The van der Waals surface area contributed by atoms with E-state index in [1.165, 1.54) is 0 Å². The number of hydrogen-bond acceptors (Lipinski definition) is 3. The molecule has 1 heterocycles. The Morgan fingerprint density at radius 2 is 1.58 bits per heavy atom. The highest BCUT2D eigenvalue weighted by atomic mass is 16.3. The van der Waals surface area contributed by atoms with Gasteiger partial charge >= 0.3 is 0 Å². The van der Waals surface area contributed by atoms with Crippen LogP contribution in [-0.2, 0) is 11.2 Å². The number of aromatic hydroxyl groups is 1. The van der Waals surface area contributed by atoms with Crippen LogP contribution >= 0.6 is 0 Å². The number of amides is 2. The molecule has 0 unspecified atom stereocenters. The Morgan fingerprint density at radius 1 is 0.895 bits per heavy atom. The summed E-state index contributed by atoms with van der Waals surface area (Å²) in [6.07, 6.45) is 8.59. The highest BCUT2D eigenvalue weighted by molar-refractivity contribution is 6.01. The maximum Gasteiger partial charge on any atom is 0.251 e. The summed E-state index contributed by atoms with van der Waals surface area (Å²) in [5.41, 5.74) is 2.51. The number of carbonyl (C=O) groups is 2. The first-order valence-corrected chi connectivity index (χ1v) is 13.9. The van der Waals surface area contributed by atoms with Crippen molar-refractivity contribution in [2.75, 3.05) is 13.1 Å². The van der Waals surface area contributed by atoms with Crippen molar-refractivity contribution < 1.29 is 14.7 Å². The summed E-state index contributed by atoms with van der Waals surface area (Å²) in [7, 11) is 0. The Hall–Kier alpha value is -3.80. The molecule has 4 aromatic rings. The maximum absolute atomic E-state index is 14.0. The lowest BCUT2D eigenvalue weighted by molar-refractivity contribution is -0.133. The number of nitrogens with zero attached hydrogens (tertiary/aromatic N) is 1. The van der Waals surface area contributed by atoms with Crippen LogP contribution in [0.5, 0.6) is 5.75 Å². The Labute approximate surface area is 225 Å². The fourth-order valence-corrected chi connectivity index (χ4v) is 4.99. The van der Waals surface area contributed by atoms with Crippen molar-refractivity contribution in [3.05, 3.63) is 78.0 Å². The van der Waals surface area contributed by atoms with Gasteiger partial charge in [0, 0.05) is 42.2 Å². The highest BCUT2D eigenvalue weighted by Gasteiger charge is 2.27. The van der Waals surface area contributed by atoms with Crippen LogP contribution in [0.3, 0.4) is 0 Å². The normalized spacial score (nSPS) is 12.1. The van der Waals surface area contributed by atoms with Gasteiger partial charge in [-0.2, -0.15) is 0 Å². The molecule has 0 saturated heterocycles. The van der Waals surface area contributed by atoms with Gasteiger partial charge in [-0.3, -0.25) is 9.59 Å². The Kier molecular flexibility index (Phi) is 9.41. The molecule has 38 heavy (non-hydrogen) atoms. The van der Waals surface area contributed by atoms with Gasteiger partial charge in [-0.1, -0.05) is 69.9 Å². The van der Waals surface area contributed by atoms with Gasteiger partial charge in [0.2, 0.25) is 5.91 Å². The minimum Gasteiger partial charge on any atom is -0.508 e. The van der Waals surface area contributed by atoms with Crippen LogP contribution in [0, 0.1) is 0 Å². The molecule has 4 rings (SSSR count). The molecule has 1 aromatic heterocycles. The van der Waals surface area contributed by atoms with E-state index in [4.69, 9.17) is 0 Å². The van der Waals surface area contributed by atoms with Gasteiger partial charge in [0.05, 0.1) is 0 Å². The van der Waals surface area contributed by atoms with E-state index in [1.807, 2.05) is 41.4 Å². The quantitative estimate of drug-likeness (QED) is 0.177. The second-order valence-electron chi connectivity index (χ2n) is 10.1.